The normalized spacial score (nSPS) is 15.1. The third-order valence-electron chi connectivity index (χ3n) is 4.72. The van der Waals surface area contributed by atoms with Crippen molar-refractivity contribution in [1.29, 1.82) is 0 Å². The highest BCUT2D eigenvalue weighted by Gasteiger charge is 2.57. The fraction of sp³-hybridized carbons (Fsp3) is 0.579. The summed E-state index contributed by atoms with van der Waals surface area (Å²) in [7, 11) is 0. The number of rotatable bonds is 7. The van der Waals surface area contributed by atoms with Crippen molar-refractivity contribution in [2.45, 2.75) is 53.4 Å². The van der Waals surface area contributed by atoms with Gasteiger partial charge in [0, 0.05) is 18.8 Å². The van der Waals surface area contributed by atoms with Crippen LogP contribution in [0.1, 0.15) is 50.7 Å². The fourth-order valence-corrected chi connectivity index (χ4v) is 2.95. The summed E-state index contributed by atoms with van der Waals surface area (Å²) in [6.45, 7) is 9.59. The van der Waals surface area contributed by atoms with Crippen LogP contribution in [0.15, 0.2) is 18.2 Å². The van der Waals surface area contributed by atoms with Gasteiger partial charge in [-0.15, -0.1) is 0 Å². The molecule has 126 valence electrons. The van der Waals surface area contributed by atoms with Crippen molar-refractivity contribution in [3.63, 3.8) is 0 Å². The largest absolute Gasteiger partial charge is 0.342 e. The molecule has 0 saturated heterocycles. The minimum atomic E-state index is -0.833. The lowest BCUT2D eigenvalue weighted by molar-refractivity contribution is -0.142. The van der Waals surface area contributed by atoms with Crippen LogP contribution in [-0.4, -0.2) is 29.8 Å². The Balaban J connectivity index is 2.14. The summed E-state index contributed by atoms with van der Waals surface area (Å²) < 4.78 is 0. The maximum absolute atomic E-state index is 12.9. The summed E-state index contributed by atoms with van der Waals surface area (Å²) >= 11 is 0. The minimum Gasteiger partial charge on any atom is -0.342 e. The Bertz CT molecular complexity index is 585. The number of benzene rings is 1. The van der Waals surface area contributed by atoms with Crippen LogP contribution in [-0.2, 0) is 9.59 Å². The van der Waals surface area contributed by atoms with Gasteiger partial charge in [-0.2, -0.15) is 0 Å². The molecular formula is C19H28N2O2. The highest BCUT2D eigenvalue weighted by atomic mass is 16.2. The van der Waals surface area contributed by atoms with Gasteiger partial charge in [-0.25, -0.2) is 0 Å². The van der Waals surface area contributed by atoms with Crippen molar-refractivity contribution >= 4 is 17.5 Å². The molecule has 4 heteroatoms. The minimum absolute atomic E-state index is 0.00371. The smallest absolute Gasteiger partial charge is 0.240 e. The van der Waals surface area contributed by atoms with E-state index < -0.39 is 5.41 Å². The van der Waals surface area contributed by atoms with Gasteiger partial charge in [0.05, 0.1) is 0 Å². The summed E-state index contributed by atoms with van der Waals surface area (Å²) in [6, 6.07) is 5.85. The molecule has 0 unspecified atom stereocenters. The number of amides is 2. The van der Waals surface area contributed by atoms with Crippen molar-refractivity contribution in [2.75, 3.05) is 18.4 Å². The van der Waals surface area contributed by atoms with Gasteiger partial charge in [0.15, 0.2) is 0 Å². The predicted molar refractivity (Wildman–Crippen MR) is 93.4 cm³/mol. The van der Waals surface area contributed by atoms with Gasteiger partial charge in [-0.05, 0) is 56.7 Å². The topological polar surface area (TPSA) is 49.4 Å². The molecule has 0 aromatic heterocycles. The molecular weight excluding hydrogens is 288 g/mol. The van der Waals surface area contributed by atoms with Crippen molar-refractivity contribution in [3.8, 4) is 0 Å². The molecule has 0 heterocycles. The molecule has 0 spiro atoms. The van der Waals surface area contributed by atoms with E-state index in [1.807, 2.05) is 36.9 Å². The Morgan fingerprint density at radius 2 is 1.74 bits per heavy atom. The molecule has 1 aromatic rings. The molecule has 0 bridgehead atoms. The molecule has 1 aliphatic carbocycles. The Kier molecular flexibility index (Phi) is 5.45. The number of hydrogen-bond donors (Lipinski definition) is 1. The van der Waals surface area contributed by atoms with Crippen molar-refractivity contribution in [1.82, 2.24) is 4.90 Å². The van der Waals surface area contributed by atoms with E-state index in [9.17, 15) is 9.59 Å². The summed E-state index contributed by atoms with van der Waals surface area (Å²) in [4.78, 5) is 27.5. The van der Waals surface area contributed by atoms with E-state index in [1.54, 1.807) is 0 Å². The van der Waals surface area contributed by atoms with Crippen LogP contribution in [0, 0.1) is 19.3 Å². The van der Waals surface area contributed by atoms with E-state index in [0.29, 0.717) is 12.8 Å². The first-order valence-corrected chi connectivity index (χ1v) is 8.63. The van der Waals surface area contributed by atoms with E-state index >= 15 is 0 Å². The Morgan fingerprint density at radius 3 is 2.26 bits per heavy atom. The molecule has 23 heavy (non-hydrogen) atoms. The maximum atomic E-state index is 12.9. The zero-order valence-corrected chi connectivity index (χ0v) is 14.7. The lowest BCUT2D eigenvalue weighted by Crippen LogP contribution is -2.43. The average molecular weight is 316 g/mol. The fourth-order valence-electron chi connectivity index (χ4n) is 2.95. The molecule has 1 fully saturated rings. The molecule has 1 saturated carbocycles. The quantitative estimate of drug-likeness (QED) is 0.780. The van der Waals surface area contributed by atoms with E-state index in [-0.39, 0.29) is 11.8 Å². The third-order valence-corrected chi connectivity index (χ3v) is 4.72. The van der Waals surface area contributed by atoms with Crippen molar-refractivity contribution in [3.05, 3.63) is 29.3 Å². The molecule has 1 N–H and O–H groups in total. The van der Waals surface area contributed by atoms with Crippen molar-refractivity contribution < 1.29 is 9.59 Å². The summed E-state index contributed by atoms with van der Waals surface area (Å²) in [5, 5.41) is 2.99. The molecule has 4 nitrogen and oxygen atoms in total. The monoisotopic (exact) mass is 316 g/mol. The van der Waals surface area contributed by atoms with Crippen LogP contribution in [0.3, 0.4) is 0 Å². The first-order chi connectivity index (χ1) is 11.0. The number of carbonyl (C=O) groups is 2. The molecule has 2 amide bonds. The van der Waals surface area contributed by atoms with Gasteiger partial charge in [-0.3, -0.25) is 9.59 Å². The first kappa shape index (κ1) is 17.5. The Morgan fingerprint density at radius 1 is 1.13 bits per heavy atom. The lowest BCUT2D eigenvalue weighted by Gasteiger charge is -2.26. The van der Waals surface area contributed by atoms with Crippen LogP contribution in [0.4, 0.5) is 5.69 Å². The standard InChI is InChI=1S/C19H28N2O2/c1-5-12-21(13-6-2)18(23)19(10-11-19)17(22)20-16-9-7-8-14(3)15(16)4/h7-9H,5-6,10-13H2,1-4H3,(H,20,22). The molecule has 1 aromatic carbocycles. The predicted octanol–water partition coefficient (Wildman–Crippen LogP) is 3.67. The number of nitrogens with one attached hydrogen (secondary N) is 1. The van der Waals surface area contributed by atoms with Gasteiger partial charge in [0.2, 0.25) is 11.8 Å². The van der Waals surface area contributed by atoms with E-state index in [4.69, 9.17) is 0 Å². The van der Waals surface area contributed by atoms with Gasteiger partial charge in [0.25, 0.3) is 0 Å². The summed E-state index contributed by atoms with van der Waals surface area (Å²) in [6.07, 6.45) is 3.15. The number of anilines is 1. The Hall–Kier alpha value is -1.84. The number of aryl methyl sites for hydroxylation is 1. The van der Waals surface area contributed by atoms with Crippen LogP contribution in [0.2, 0.25) is 0 Å². The second-order valence-corrected chi connectivity index (χ2v) is 6.58. The number of hydrogen-bond acceptors (Lipinski definition) is 2. The van der Waals surface area contributed by atoms with Crippen molar-refractivity contribution in [2.24, 2.45) is 5.41 Å². The third kappa shape index (κ3) is 3.57. The summed E-state index contributed by atoms with van der Waals surface area (Å²) in [5.41, 5.74) is 2.17. The number of carbonyl (C=O) groups excluding carboxylic acids is 2. The van der Waals surface area contributed by atoms with Crippen LogP contribution < -0.4 is 5.32 Å². The highest BCUT2D eigenvalue weighted by molar-refractivity contribution is 6.13. The Labute approximate surface area is 139 Å². The number of nitrogens with zero attached hydrogens (tertiary/aromatic N) is 1. The molecule has 0 aliphatic heterocycles. The average Bonchev–Trinajstić information content (AvgIpc) is 3.33. The summed E-state index contributed by atoms with van der Waals surface area (Å²) in [5.74, 6) is -0.141. The van der Waals surface area contributed by atoms with Gasteiger partial charge in [0.1, 0.15) is 5.41 Å². The second-order valence-electron chi connectivity index (χ2n) is 6.58. The van der Waals surface area contributed by atoms with Crippen LogP contribution >= 0.6 is 0 Å². The van der Waals surface area contributed by atoms with Crippen LogP contribution in [0.5, 0.6) is 0 Å². The first-order valence-electron chi connectivity index (χ1n) is 8.63. The maximum Gasteiger partial charge on any atom is 0.240 e. The van der Waals surface area contributed by atoms with E-state index in [2.05, 4.69) is 19.2 Å². The zero-order chi connectivity index (χ0) is 17.0. The second kappa shape index (κ2) is 7.16. The SMILES string of the molecule is CCCN(CCC)C(=O)C1(C(=O)Nc2cccc(C)c2C)CC1. The molecule has 0 radical (unpaired) electrons. The van der Waals surface area contributed by atoms with Gasteiger partial charge < -0.3 is 10.2 Å². The van der Waals surface area contributed by atoms with E-state index in [0.717, 1.165) is 42.7 Å². The molecule has 2 rings (SSSR count). The molecule has 1 aliphatic rings. The highest BCUT2D eigenvalue weighted by Crippen LogP contribution is 2.48. The lowest BCUT2D eigenvalue weighted by atomic mass is 10.0. The zero-order valence-electron chi connectivity index (χ0n) is 14.7. The van der Waals surface area contributed by atoms with E-state index in [1.165, 1.54) is 0 Å². The van der Waals surface area contributed by atoms with Crippen LogP contribution in [0.25, 0.3) is 0 Å². The molecule has 0 atom stereocenters. The van der Waals surface area contributed by atoms with Gasteiger partial charge in [-0.1, -0.05) is 26.0 Å². The van der Waals surface area contributed by atoms with Gasteiger partial charge >= 0.3 is 0 Å².